The molecule has 4 atom stereocenters. The monoisotopic (exact) mass is 481 g/mol. The number of benzene rings is 1. The van der Waals surface area contributed by atoms with Gasteiger partial charge in [-0.05, 0) is 30.5 Å². The van der Waals surface area contributed by atoms with Gasteiger partial charge in [0.25, 0.3) is 5.56 Å². The number of methoxy groups -OCH3 is 3. The van der Waals surface area contributed by atoms with Crippen LogP contribution in [0, 0.1) is 11.8 Å². The first-order valence-electron chi connectivity index (χ1n) is 11.9. The van der Waals surface area contributed by atoms with Crippen molar-refractivity contribution in [3.8, 4) is 17.2 Å². The summed E-state index contributed by atoms with van der Waals surface area (Å²) in [4.78, 5) is 42.7. The van der Waals surface area contributed by atoms with Crippen LogP contribution in [0.2, 0.25) is 0 Å². The maximum atomic E-state index is 13.9. The molecule has 2 bridgehead atoms. The summed E-state index contributed by atoms with van der Waals surface area (Å²) in [6.07, 6.45) is 1.10. The number of likely N-dealkylation sites (tertiary alicyclic amines) is 2. The molecule has 2 amide bonds. The molecule has 186 valence electrons. The molecule has 2 saturated heterocycles. The summed E-state index contributed by atoms with van der Waals surface area (Å²) in [5.74, 6) is 1.07. The quantitative estimate of drug-likeness (QED) is 0.649. The first kappa shape index (κ1) is 23.3. The lowest BCUT2D eigenvalue weighted by molar-refractivity contribution is -0.139. The zero-order valence-corrected chi connectivity index (χ0v) is 20.5. The van der Waals surface area contributed by atoms with Gasteiger partial charge in [0.2, 0.25) is 17.6 Å². The zero-order chi connectivity index (χ0) is 24.9. The van der Waals surface area contributed by atoms with Crippen molar-refractivity contribution in [1.29, 1.82) is 0 Å². The average Bonchev–Trinajstić information content (AvgIpc) is 3.16. The van der Waals surface area contributed by atoms with E-state index in [2.05, 4.69) is 0 Å². The molecule has 9 heteroatoms. The Morgan fingerprint density at radius 1 is 0.943 bits per heavy atom. The number of nitrogens with zero attached hydrogens (tertiary/aromatic N) is 3. The number of pyridine rings is 1. The van der Waals surface area contributed by atoms with E-state index in [4.69, 9.17) is 14.2 Å². The van der Waals surface area contributed by atoms with Crippen LogP contribution in [0.1, 0.15) is 36.1 Å². The fraction of sp³-hybridized carbons (Fsp3) is 0.500. The van der Waals surface area contributed by atoms with E-state index in [0.717, 1.165) is 12.1 Å². The van der Waals surface area contributed by atoms with Crippen LogP contribution in [-0.4, -0.2) is 67.6 Å². The van der Waals surface area contributed by atoms with Gasteiger partial charge in [-0.1, -0.05) is 6.07 Å². The van der Waals surface area contributed by atoms with E-state index >= 15 is 0 Å². The Balaban J connectivity index is 1.48. The summed E-state index contributed by atoms with van der Waals surface area (Å²) in [6.45, 7) is 1.75. The first-order chi connectivity index (χ1) is 16.9. The maximum absolute atomic E-state index is 13.9. The number of hydrogen-bond acceptors (Lipinski definition) is 6. The Morgan fingerprint density at radius 2 is 1.71 bits per heavy atom. The molecule has 0 radical (unpaired) electrons. The van der Waals surface area contributed by atoms with Crippen molar-refractivity contribution < 1.29 is 23.8 Å². The van der Waals surface area contributed by atoms with Gasteiger partial charge in [-0.15, -0.1) is 0 Å². The van der Waals surface area contributed by atoms with Gasteiger partial charge < -0.3 is 28.6 Å². The van der Waals surface area contributed by atoms with E-state index < -0.39 is 12.0 Å². The van der Waals surface area contributed by atoms with Crippen molar-refractivity contribution in [2.75, 3.05) is 41.5 Å². The molecule has 0 aliphatic carbocycles. The Hall–Kier alpha value is -3.49. The third-order valence-electron chi connectivity index (χ3n) is 7.75. The largest absolute Gasteiger partial charge is 0.493 e. The molecule has 0 saturated carbocycles. The van der Waals surface area contributed by atoms with Crippen molar-refractivity contribution in [3.05, 3.63) is 51.9 Å². The summed E-state index contributed by atoms with van der Waals surface area (Å²) in [7, 11) is 6.35. The first-order valence-corrected chi connectivity index (χ1v) is 11.9. The van der Waals surface area contributed by atoms with Crippen LogP contribution in [0.15, 0.2) is 35.1 Å². The number of ether oxygens (including phenoxy) is 3. The molecule has 0 spiro atoms. The van der Waals surface area contributed by atoms with E-state index in [1.54, 1.807) is 44.4 Å². The maximum Gasteiger partial charge on any atom is 0.250 e. The predicted octanol–water partition coefficient (Wildman–Crippen LogP) is 2.04. The van der Waals surface area contributed by atoms with E-state index in [-0.39, 0.29) is 35.6 Å². The van der Waals surface area contributed by atoms with Gasteiger partial charge in [0, 0.05) is 56.3 Å². The molecule has 9 nitrogen and oxygen atoms in total. The minimum atomic E-state index is -0.545. The molecule has 0 N–H and O–H groups in total. The third-order valence-corrected chi connectivity index (χ3v) is 7.75. The fourth-order valence-electron chi connectivity index (χ4n) is 6.18. The molecule has 4 heterocycles. The molecule has 5 rings (SSSR count). The van der Waals surface area contributed by atoms with Gasteiger partial charge in [-0.3, -0.25) is 14.4 Å². The Morgan fingerprint density at radius 3 is 2.43 bits per heavy atom. The molecule has 3 aliphatic heterocycles. The number of piperidine rings is 1. The zero-order valence-electron chi connectivity index (χ0n) is 20.5. The highest BCUT2D eigenvalue weighted by molar-refractivity contribution is 5.90. The summed E-state index contributed by atoms with van der Waals surface area (Å²) >= 11 is 0. The highest BCUT2D eigenvalue weighted by atomic mass is 16.5. The number of hydrogen-bond donors (Lipinski definition) is 0. The normalized spacial score (nSPS) is 25.3. The van der Waals surface area contributed by atoms with Crippen molar-refractivity contribution >= 4 is 11.8 Å². The SMILES string of the molecule is COc1ccc([C@H]2[C@H](C(=O)N3C[C@H]4C[C@@H](C3)c3cccc(=O)n3C4)CC(=O)N2C)c(OC)c1OC. The van der Waals surface area contributed by atoms with Gasteiger partial charge >= 0.3 is 0 Å². The molecule has 1 aromatic carbocycles. The minimum absolute atomic E-state index is 0.0144. The van der Waals surface area contributed by atoms with Gasteiger partial charge in [0.05, 0.1) is 33.3 Å². The fourth-order valence-corrected chi connectivity index (χ4v) is 6.18. The van der Waals surface area contributed by atoms with E-state index in [9.17, 15) is 14.4 Å². The van der Waals surface area contributed by atoms with Crippen molar-refractivity contribution in [2.45, 2.75) is 31.3 Å². The molecular weight excluding hydrogens is 450 g/mol. The van der Waals surface area contributed by atoms with E-state index in [1.165, 1.54) is 7.11 Å². The lowest BCUT2D eigenvalue weighted by atomic mass is 9.82. The topological polar surface area (TPSA) is 90.3 Å². The van der Waals surface area contributed by atoms with Gasteiger partial charge in [0.15, 0.2) is 11.5 Å². The second kappa shape index (κ2) is 8.94. The van der Waals surface area contributed by atoms with Crippen molar-refractivity contribution in [2.24, 2.45) is 11.8 Å². The Kier molecular flexibility index (Phi) is 5.94. The van der Waals surface area contributed by atoms with E-state index in [1.807, 2.05) is 21.6 Å². The van der Waals surface area contributed by atoms with Crippen LogP contribution in [0.25, 0.3) is 0 Å². The van der Waals surface area contributed by atoms with Crippen LogP contribution in [-0.2, 0) is 16.1 Å². The Labute approximate surface area is 204 Å². The second-order valence-electron chi connectivity index (χ2n) is 9.63. The highest BCUT2D eigenvalue weighted by Crippen LogP contribution is 2.48. The number of rotatable bonds is 5. The molecule has 1 aromatic heterocycles. The summed E-state index contributed by atoms with van der Waals surface area (Å²) in [5, 5.41) is 0. The second-order valence-corrected chi connectivity index (χ2v) is 9.63. The highest BCUT2D eigenvalue weighted by Gasteiger charge is 2.47. The lowest BCUT2D eigenvalue weighted by Gasteiger charge is -2.44. The Bertz CT molecular complexity index is 1220. The van der Waals surface area contributed by atoms with Crippen LogP contribution >= 0.6 is 0 Å². The molecule has 3 aliphatic rings. The molecule has 2 fully saturated rings. The molecule has 35 heavy (non-hydrogen) atoms. The summed E-state index contributed by atoms with van der Waals surface area (Å²) in [5.41, 5.74) is 1.72. The predicted molar refractivity (Wildman–Crippen MR) is 128 cm³/mol. The summed E-state index contributed by atoms with van der Waals surface area (Å²) in [6, 6.07) is 8.50. The van der Waals surface area contributed by atoms with Crippen molar-refractivity contribution in [1.82, 2.24) is 14.4 Å². The smallest absolute Gasteiger partial charge is 0.250 e. The van der Waals surface area contributed by atoms with Gasteiger partial charge in [0.1, 0.15) is 0 Å². The van der Waals surface area contributed by atoms with Gasteiger partial charge in [-0.2, -0.15) is 0 Å². The number of fused-ring (bicyclic) bond motifs is 4. The molecule has 0 unspecified atom stereocenters. The lowest BCUT2D eigenvalue weighted by Crippen LogP contribution is -2.51. The van der Waals surface area contributed by atoms with Crippen LogP contribution < -0.4 is 19.8 Å². The number of aromatic nitrogens is 1. The third kappa shape index (κ3) is 3.73. The van der Waals surface area contributed by atoms with Crippen LogP contribution in [0.4, 0.5) is 0 Å². The summed E-state index contributed by atoms with van der Waals surface area (Å²) < 4.78 is 18.5. The van der Waals surface area contributed by atoms with Crippen LogP contribution in [0.3, 0.4) is 0 Å². The standard InChI is InChI=1S/C26H31N3O6/c1-27-22(31)11-18(23(27)17-8-9-20(33-2)25(35-4)24(17)34-3)26(32)28-12-15-10-16(14-28)19-6-5-7-21(30)29(19)13-15/h5-9,15-16,18,23H,10-14H2,1-4H3/t15-,16+,18-,23+/m1/s1. The number of carbonyl (C=O) groups is 2. The van der Waals surface area contributed by atoms with Crippen molar-refractivity contribution in [3.63, 3.8) is 0 Å². The van der Waals surface area contributed by atoms with Gasteiger partial charge in [-0.25, -0.2) is 0 Å². The number of carbonyl (C=O) groups excluding carboxylic acids is 2. The average molecular weight is 482 g/mol. The molecular formula is C26H31N3O6. The number of amides is 2. The minimum Gasteiger partial charge on any atom is -0.493 e. The van der Waals surface area contributed by atoms with Crippen LogP contribution in [0.5, 0.6) is 17.2 Å². The van der Waals surface area contributed by atoms with E-state index in [0.29, 0.717) is 42.4 Å². The molecule has 2 aromatic rings.